The molecule has 0 bridgehead atoms. The Balaban J connectivity index is 2.11. The maximum Gasteiger partial charge on any atom is 0.123 e. The summed E-state index contributed by atoms with van der Waals surface area (Å²) in [7, 11) is 3.28. The van der Waals surface area contributed by atoms with Crippen molar-refractivity contribution in [3.8, 4) is 11.5 Å². The van der Waals surface area contributed by atoms with E-state index in [2.05, 4.69) is 5.32 Å². The average molecular weight is 287 g/mol. The lowest BCUT2D eigenvalue weighted by atomic mass is 10.1. The van der Waals surface area contributed by atoms with Crippen LogP contribution in [0, 0.1) is 0 Å². The monoisotopic (exact) mass is 287 g/mol. The number of hydrogen-bond donors (Lipinski definition) is 2. The highest BCUT2D eigenvalue weighted by Crippen LogP contribution is 2.24. The molecule has 1 atom stereocenters. The summed E-state index contributed by atoms with van der Waals surface area (Å²) in [6, 6.07) is 15.5. The number of aliphatic hydroxyl groups excluding tert-OH is 1. The van der Waals surface area contributed by atoms with Gasteiger partial charge in [-0.2, -0.15) is 0 Å². The molecular weight excluding hydrogens is 266 g/mol. The molecule has 0 spiro atoms. The van der Waals surface area contributed by atoms with Crippen LogP contribution in [0.5, 0.6) is 11.5 Å². The van der Waals surface area contributed by atoms with Crippen LogP contribution in [0.3, 0.4) is 0 Å². The summed E-state index contributed by atoms with van der Waals surface area (Å²) in [6.07, 6.45) is 0. The van der Waals surface area contributed by atoms with E-state index in [0.717, 1.165) is 22.6 Å². The van der Waals surface area contributed by atoms with E-state index in [1.807, 2.05) is 48.5 Å². The fourth-order valence-electron chi connectivity index (χ4n) is 2.23. The van der Waals surface area contributed by atoms with Gasteiger partial charge in [-0.05, 0) is 23.8 Å². The molecule has 4 nitrogen and oxygen atoms in total. The first-order valence-corrected chi connectivity index (χ1v) is 6.88. The molecule has 112 valence electrons. The minimum atomic E-state index is -0.109. The Morgan fingerprint density at radius 2 is 1.81 bits per heavy atom. The van der Waals surface area contributed by atoms with Crippen molar-refractivity contribution in [1.29, 1.82) is 0 Å². The van der Waals surface area contributed by atoms with Gasteiger partial charge in [0.05, 0.1) is 26.9 Å². The summed E-state index contributed by atoms with van der Waals surface area (Å²) < 4.78 is 10.6. The van der Waals surface area contributed by atoms with Crippen molar-refractivity contribution in [2.45, 2.75) is 12.6 Å². The molecule has 2 aromatic rings. The number of hydrogen-bond acceptors (Lipinski definition) is 4. The van der Waals surface area contributed by atoms with Gasteiger partial charge in [0.1, 0.15) is 11.5 Å². The third kappa shape index (κ3) is 3.97. The first kappa shape index (κ1) is 15.4. The number of rotatable bonds is 7. The van der Waals surface area contributed by atoms with Crippen LogP contribution in [-0.4, -0.2) is 25.9 Å². The summed E-state index contributed by atoms with van der Waals surface area (Å²) in [5, 5.41) is 12.9. The third-order valence-corrected chi connectivity index (χ3v) is 3.41. The molecule has 2 aromatic carbocycles. The Bertz CT molecular complexity index is 557. The molecule has 0 saturated heterocycles. The van der Waals surface area contributed by atoms with Crippen LogP contribution in [0.15, 0.2) is 48.5 Å². The molecule has 0 aromatic heterocycles. The lowest BCUT2D eigenvalue weighted by Crippen LogP contribution is -2.24. The van der Waals surface area contributed by atoms with Gasteiger partial charge in [0.15, 0.2) is 0 Å². The van der Waals surface area contributed by atoms with Crippen molar-refractivity contribution in [2.75, 3.05) is 20.8 Å². The lowest BCUT2D eigenvalue weighted by Gasteiger charge is -2.18. The van der Waals surface area contributed by atoms with Crippen LogP contribution in [0.4, 0.5) is 0 Å². The maximum absolute atomic E-state index is 9.57. The van der Waals surface area contributed by atoms with E-state index in [0.29, 0.717) is 6.54 Å². The molecular formula is C17H21NO3. The number of benzene rings is 2. The third-order valence-electron chi connectivity index (χ3n) is 3.41. The van der Waals surface area contributed by atoms with Crippen LogP contribution >= 0.6 is 0 Å². The predicted molar refractivity (Wildman–Crippen MR) is 82.7 cm³/mol. The van der Waals surface area contributed by atoms with Crippen molar-refractivity contribution < 1.29 is 14.6 Å². The summed E-state index contributed by atoms with van der Waals surface area (Å²) in [4.78, 5) is 0. The van der Waals surface area contributed by atoms with Gasteiger partial charge in [-0.3, -0.25) is 0 Å². The van der Waals surface area contributed by atoms with Crippen molar-refractivity contribution in [2.24, 2.45) is 0 Å². The highest BCUT2D eigenvalue weighted by Gasteiger charge is 2.11. The van der Waals surface area contributed by atoms with Crippen LogP contribution in [0.2, 0.25) is 0 Å². The molecule has 0 amide bonds. The molecule has 4 heteroatoms. The van der Waals surface area contributed by atoms with Crippen LogP contribution in [0.25, 0.3) is 0 Å². The Morgan fingerprint density at radius 3 is 2.43 bits per heavy atom. The minimum absolute atomic E-state index is 0.0380. The highest BCUT2D eigenvalue weighted by atomic mass is 16.5. The second-order valence-electron chi connectivity index (χ2n) is 4.70. The van der Waals surface area contributed by atoms with Gasteiger partial charge in [0.25, 0.3) is 0 Å². The second-order valence-corrected chi connectivity index (χ2v) is 4.70. The Morgan fingerprint density at radius 1 is 1.05 bits per heavy atom. The molecule has 2 N–H and O–H groups in total. The molecule has 1 unspecified atom stereocenters. The van der Waals surface area contributed by atoms with Gasteiger partial charge >= 0.3 is 0 Å². The normalized spacial score (nSPS) is 12.0. The Hall–Kier alpha value is -2.04. The fraction of sp³-hybridized carbons (Fsp3) is 0.294. The molecule has 2 rings (SSSR count). The minimum Gasteiger partial charge on any atom is -0.497 e. The second kappa shape index (κ2) is 7.67. The summed E-state index contributed by atoms with van der Waals surface area (Å²) in [5.74, 6) is 1.58. The molecule has 0 aliphatic heterocycles. The lowest BCUT2D eigenvalue weighted by molar-refractivity contribution is 0.243. The zero-order valence-electron chi connectivity index (χ0n) is 12.4. The number of nitrogens with one attached hydrogen (secondary N) is 1. The number of aliphatic hydroxyl groups is 1. The molecule has 0 aliphatic carbocycles. The molecule has 21 heavy (non-hydrogen) atoms. The summed E-state index contributed by atoms with van der Waals surface area (Å²) in [6.45, 7) is 0.622. The first-order chi connectivity index (χ1) is 10.3. The van der Waals surface area contributed by atoms with E-state index in [9.17, 15) is 5.11 Å². The van der Waals surface area contributed by atoms with E-state index in [1.165, 1.54) is 0 Å². The van der Waals surface area contributed by atoms with E-state index >= 15 is 0 Å². The van der Waals surface area contributed by atoms with Crippen molar-refractivity contribution in [1.82, 2.24) is 5.32 Å². The molecule has 0 aliphatic rings. The van der Waals surface area contributed by atoms with Crippen LogP contribution in [0.1, 0.15) is 17.2 Å². The van der Waals surface area contributed by atoms with Gasteiger partial charge in [-0.15, -0.1) is 0 Å². The van der Waals surface area contributed by atoms with Gasteiger partial charge in [-0.1, -0.05) is 30.3 Å². The summed E-state index contributed by atoms with van der Waals surface area (Å²) >= 11 is 0. The highest BCUT2D eigenvalue weighted by molar-refractivity contribution is 5.40. The Labute approximate surface area is 125 Å². The Kier molecular flexibility index (Phi) is 5.60. The number of ether oxygens (including phenoxy) is 2. The topological polar surface area (TPSA) is 50.7 Å². The zero-order valence-corrected chi connectivity index (χ0v) is 12.4. The SMILES string of the molecule is COc1ccc(OC)c(CNC(CO)c2ccccc2)c1. The van der Waals surface area contributed by atoms with E-state index in [1.54, 1.807) is 14.2 Å². The van der Waals surface area contributed by atoms with E-state index in [-0.39, 0.29) is 12.6 Å². The molecule has 0 heterocycles. The smallest absolute Gasteiger partial charge is 0.123 e. The largest absolute Gasteiger partial charge is 0.497 e. The van der Waals surface area contributed by atoms with Crippen LogP contribution < -0.4 is 14.8 Å². The predicted octanol–water partition coefficient (Wildman–Crippen LogP) is 2.53. The van der Waals surface area contributed by atoms with Gasteiger partial charge in [0, 0.05) is 12.1 Å². The van der Waals surface area contributed by atoms with Crippen molar-refractivity contribution in [3.05, 3.63) is 59.7 Å². The molecule has 0 radical (unpaired) electrons. The zero-order chi connectivity index (χ0) is 15.1. The first-order valence-electron chi connectivity index (χ1n) is 6.88. The van der Waals surface area contributed by atoms with Crippen molar-refractivity contribution in [3.63, 3.8) is 0 Å². The summed E-state index contributed by atoms with van der Waals surface area (Å²) in [5.41, 5.74) is 2.05. The van der Waals surface area contributed by atoms with Gasteiger partial charge in [0.2, 0.25) is 0 Å². The van der Waals surface area contributed by atoms with E-state index < -0.39 is 0 Å². The van der Waals surface area contributed by atoms with Gasteiger partial charge < -0.3 is 19.9 Å². The number of methoxy groups -OCH3 is 2. The van der Waals surface area contributed by atoms with Gasteiger partial charge in [-0.25, -0.2) is 0 Å². The quantitative estimate of drug-likeness (QED) is 0.821. The molecule has 0 saturated carbocycles. The van der Waals surface area contributed by atoms with Crippen LogP contribution in [-0.2, 0) is 6.54 Å². The van der Waals surface area contributed by atoms with Crippen molar-refractivity contribution >= 4 is 0 Å². The average Bonchev–Trinajstić information content (AvgIpc) is 2.56. The molecule has 0 fully saturated rings. The fourth-order valence-corrected chi connectivity index (χ4v) is 2.23. The van der Waals surface area contributed by atoms with E-state index in [4.69, 9.17) is 9.47 Å². The standard InChI is InChI=1S/C17H21NO3/c1-20-15-8-9-17(21-2)14(10-15)11-18-16(12-19)13-6-4-3-5-7-13/h3-10,16,18-19H,11-12H2,1-2H3. The maximum atomic E-state index is 9.57.